The van der Waals surface area contributed by atoms with Crippen molar-refractivity contribution in [3.63, 3.8) is 0 Å². The molecule has 3 amide bonds. The minimum absolute atomic E-state index is 0.107. The zero-order valence-corrected chi connectivity index (χ0v) is 20.6. The van der Waals surface area contributed by atoms with Crippen LogP contribution < -0.4 is 21.3 Å². The molecular formula is C26H33N5O4. The quantitative estimate of drug-likeness (QED) is 0.302. The molecule has 0 atom stereocenters. The number of likely N-dealkylation sites (N-methyl/N-ethyl adjacent to an activating group) is 1. The van der Waals surface area contributed by atoms with E-state index in [-0.39, 0.29) is 24.9 Å². The summed E-state index contributed by atoms with van der Waals surface area (Å²) in [4.78, 5) is 39.5. The number of aromatic nitrogens is 1. The van der Waals surface area contributed by atoms with Crippen molar-refractivity contribution in [2.24, 2.45) is 0 Å². The van der Waals surface area contributed by atoms with E-state index in [9.17, 15) is 14.4 Å². The molecule has 0 spiro atoms. The van der Waals surface area contributed by atoms with E-state index >= 15 is 0 Å². The Morgan fingerprint density at radius 3 is 2.11 bits per heavy atom. The number of alkyl carbamates (subject to hydrolysis) is 1. The van der Waals surface area contributed by atoms with Crippen molar-refractivity contribution in [1.29, 1.82) is 0 Å². The van der Waals surface area contributed by atoms with E-state index in [0.29, 0.717) is 24.3 Å². The maximum atomic E-state index is 12.5. The molecule has 1 aromatic heterocycles. The average Bonchev–Trinajstić information content (AvgIpc) is 3.24. The molecule has 3 aromatic rings. The number of hydrogen-bond acceptors (Lipinski definition) is 5. The lowest BCUT2D eigenvalue weighted by atomic mass is 10.0. The molecule has 0 bridgehead atoms. The van der Waals surface area contributed by atoms with Gasteiger partial charge in [-0.3, -0.25) is 9.59 Å². The first-order chi connectivity index (χ1) is 16.7. The van der Waals surface area contributed by atoms with Crippen molar-refractivity contribution in [3.05, 3.63) is 59.8 Å². The number of fused-ring (bicyclic) bond motifs is 1. The molecule has 5 N–H and O–H groups in total. The first-order valence-corrected chi connectivity index (χ1v) is 11.6. The van der Waals surface area contributed by atoms with Crippen LogP contribution in [0.2, 0.25) is 0 Å². The first kappa shape index (κ1) is 25.8. The Labute approximate surface area is 205 Å². The number of ether oxygens (including phenoxy) is 1. The highest BCUT2D eigenvalue weighted by atomic mass is 16.6. The number of benzene rings is 2. The Balaban J connectivity index is 1.58. The Hall–Kier alpha value is -3.85. The maximum absolute atomic E-state index is 12.5. The van der Waals surface area contributed by atoms with Crippen molar-refractivity contribution >= 4 is 28.8 Å². The van der Waals surface area contributed by atoms with Gasteiger partial charge in [-0.1, -0.05) is 18.2 Å². The lowest BCUT2D eigenvalue weighted by Gasteiger charge is -2.19. The molecule has 35 heavy (non-hydrogen) atoms. The zero-order chi connectivity index (χ0) is 25.4. The number of hydrogen-bond donors (Lipinski definition) is 5. The van der Waals surface area contributed by atoms with Crippen LogP contribution in [-0.2, 0) is 4.74 Å². The van der Waals surface area contributed by atoms with Crippen molar-refractivity contribution in [3.8, 4) is 11.1 Å². The topological polar surface area (TPSA) is 124 Å². The lowest BCUT2D eigenvalue weighted by Crippen LogP contribution is -2.37. The van der Waals surface area contributed by atoms with Gasteiger partial charge in [0, 0.05) is 42.6 Å². The minimum Gasteiger partial charge on any atom is -0.444 e. The van der Waals surface area contributed by atoms with Crippen LogP contribution >= 0.6 is 0 Å². The standard InChI is InChI=1S/C26H33N5O4/c1-26(2,3)35-25(34)30-14-13-29-24(33)22-16-20-15-19(9-10-21(20)31-22)17-5-7-18(8-6-17)23(32)28-12-11-27-4/h5-10,15-16,27,31H,11-14H2,1-4H3,(H,28,32)(H,29,33)(H,30,34). The number of amides is 3. The number of H-pyrrole nitrogens is 1. The fraction of sp³-hybridized carbons (Fsp3) is 0.346. The lowest BCUT2D eigenvalue weighted by molar-refractivity contribution is 0.0526. The molecule has 0 aliphatic heterocycles. The summed E-state index contributed by atoms with van der Waals surface area (Å²) in [5.41, 5.74) is 3.26. The number of carbonyl (C=O) groups is 3. The monoisotopic (exact) mass is 479 g/mol. The van der Waals surface area contributed by atoms with Crippen molar-refractivity contribution in [2.75, 3.05) is 33.2 Å². The molecule has 0 saturated carbocycles. The van der Waals surface area contributed by atoms with Gasteiger partial charge in [-0.2, -0.15) is 0 Å². The number of nitrogens with one attached hydrogen (secondary N) is 5. The third kappa shape index (κ3) is 7.58. The third-order valence-corrected chi connectivity index (χ3v) is 5.09. The second-order valence-electron chi connectivity index (χ2n) is 9.11. The summed E-state index contributed by atoms with van der Waals surface area (Å²) < 4.78 is 5.16. The normalized spacial score (nSPS) is 11.2. The van der Waals surface area contributed by atoms with Crippen molar-refractivity contribution in [2.45, 2.75) is 26.4 Å². The van der Waals surface area contributed by atoms with E-state index in [1.807, 2.05) is 37.4 Å². The molecule has 2 aromatic carbocycles. The summed E-state index contributed by atoms with van der Waals surface area (Å²) in [5.74, 6) is -0.368. The van der Waals surface area contributed by atoms with E-state index in [1.54, 1.807) is 39.0 Å². The molecule has 0 unspecified atom stereocenters. The Kier molecular flexibility index (Phi) is 8.48. The van der Waals surface area contributed by atoms with Gasteiger partial charge in [0.1, 0.15) is 11.3 Å². The van der Waals surface area contributed by atoms with Crippen molar-refractivity contribution in [1.82, 2.24) is 26.3 Å². The van der Waals surface area contributed by atoms with Crippen LogP contribution in [0.4, 0.5) is 4.79 Å². The minimum atomic E-state index is -0.570. The Morgan fingerprint density at radius 2 is 1.43 bits per heavy atom. The number of aromatic amines is 1. The van der Waals surface area contributed by atoms with E-state index in [4.69, 9.17) is 4.74 Å². The first-order valence-electron chi connectivity index (χ1n) is 11.6. The molecule has 186 valence electrons. The van der Waals surface area contributed by atoms with Gasteiger partial charge in [-0.15, -0.1) is 0 Å². The van der Waals surface area contributed by atoms with Crippen LogP contribution in [0.25, 0.3) is 22.0 Å². The highest BCUT2D eigenvalue weighted by molar-refractivity contribution is 5.99. The number of carbonyl (C=O) groups excluding carboxylic acids is 3. The van der Waals surface area contributed by atoms with Crippen LogP contribution in [0.3, 0.4) is 0 Å². The van der Waals surface area contributed by atoms with Gasteiger partial charge in [0.2, 0.25) is 0 Å². The maximum Gasteiger partial charge on any atom is 0.407 e. The molecule has 0 radical (unpaired) electrons. The average molecular weight is 480 g/mol. The van der Waals surface area contributed by atoms with Gasteiger partial charge >= 0.3 is 6.09 Å². The van der Waals surface area contributed by atoms with E-state index in [2.05, 4.69) is 26.3 Å². The molecule has 9 nitrogen and oxygen atoms in total. The molecule has 0 aliphatic carbocycles. The van der Waals surface area contributed by atoms with Gasteiger partial charge in [-0.05, 0) is 69.3 Å². The third-order valence-electron chi connectivity index (χ3n) is 5.09. The van der Waals surface area contributed by atoms with E-state index in [0.717, 1.165) is 22.0 Å². The second-order valence-corrected chi connectivity index (χ2v) is 9.11. The smallest absolute Gasteiger partial charge is 0.407 e. The van der Waals surface area contributed by atoms with Crippen molar-refractivity contribution < 1.29 is 19.1 Å². The summed E-state index contributed by atoms with van der Waals surface area (Å²) in [6, 6.07) is 15.1. The van der Waals surface area contributed by atoms with Gasteiger partial charge < -0.3 is 31.0 Å². The summed E-state index contributed by atoms with van der Waals surface area (Å²) in [7, 11) is 1.84. The fourth-order valence-corrected chi connectivity index (χ4v) is 3.40. The predicted molar refractivity (Wildman–Crippen MR) is 137 cm³/mol. The van der Waals surface area contributed by atoms with Crippen LogP contribution in [0, 0.1) is 0 Å². The molecule has 3 rings (SSSR count). The molecule has 1 heterocycles. The molecular weight excluding hydrogens is 446 g/mol. The van der Waals surface area contributed by atoms with Gasteiger partial charge in [0.25, 0.3) is 11.8 Å². The summed E-state index contributed by atoms with van der Waals surface area (Å²) in [6.07, 6.45) is -0.521. The van der Waals surface area contributed by atoms with Crippen LogP contribution in [0.15, 0.2) is 48.5 Å². The molecule has 0 aliphatic rings. The van der Waals surface area contributed by atoms with E-state index in [1.165, 1.54) is 0 Å². The predicted octanol–water partition coefficient (Wildman–Crippen LogP) is 3.04. The number of rotatable bonds is 9. The Bertz CT molecular complexity index is 1180. The summed E-state index contributed by atoms with van der Waals surface area (Å²) >= 11 is 0. The van der Waals surface area contributed by atoms with E-state index < -0.39 is 11.7 Å². The fourth-order valence-electron chi connectivity index (χ4n) is 3.40. The highest BCUT2D eigenvalue weighted by Gasteiger charge is 2.16. The van der Waals surface area contributed by atoms with Crippen LogP contribution in [0.5, 0.6) is 0 Å². The second kappa shape index (κ2) is 11.5. The van der Waals surface area contributed by atoms with Crippen LogP contribution in [0.1, 0.15) is 41.6 Å². The van der Waals surface area contributed by atoms with Gasteiger partial charge in [0.05, 0.1) is 0 Å². The highest BCUT2D eigenvalue weighted by Crippen LogP contribution is 2.25. The largest absolute Gasteiger partial charge is 0.444 e. The molecule has 0 fully saturated rings. The SMILES string of the molecule is CNCCNC(=O)c1ccc(-c2ccc3[nH]c(C(=O)NCCNC(=O)OC(C)(C)C)cc3c2)cc1. The summed E-state index contributed by atoms with van der Waals surface area (Å²) in [5, 5.41) is 12.1. The van der Waals surface area contributed by atoms with Gasteiger partial charge in [0.15, 0.2) is 0 Å². The molecule has 9 heteroatoms. The Morgan fingerprint density at radius 1 is 0.800 bits per heavy atom. The molecule has 0 saturated heterocycles. The van der Waals surface area contributed by atoms with Crippen LogP contribution in [-0.4, -0.2) is 61.7 Å². The van der Waals surface area contributed by atoms with Gasteiger partial charge in [-0.25, -0.2) is 4.79 Å². The zero-order valence-electron chi connectivity index (χ0n) is 20.6. The summed E-state index contributed by atoms with van der Waals surface area (Å²) in [6.45, 7) is 7.17.